The molecule has 1 aliphatic rings. The van der Waals surface area contributed by atoms with Crippen molar-refractivity contribution < 1.29 is 40.4 Å². The van der Waals surface area contributed by atoms with Gasteiger partial charge in [-0.05, 0) is 25.0 Å². The van der Waals surface area contributed by atoms with E-state index in [4.69, 9.17) is 5.11 Å². The first-order valence-electron chi connectivity index (χ1n) is 5.64. The molecule has 1 aromatic carbocycles. The Bertz CT molecular complexity index is 663. The monoisotopic (exact) mass is 326 g/mol. The van der Waals surface area contributed by atoms with Gasteiger partial charge in [-0.1, -0.05) is 0 Å². The molecule has 21 heavy (non-hydrogen) atoms. The van der Waals surface area contributed by atoms with Gasteiger partial charge in [0.15, 0.2) is 0 Å². The fraction of sp³-hybridized carbons (Fsp3) is 0.364. The van der Waals surface area contributed by atoms with Crippen molar-refractivity contribution in [3.8, 4) is 11.5 Å². The first-order chi connectivity index (χ1) is 9.57. The summed E-state index contributed by atoms with van der Waals surface area (Å²) < 4.78 is 67.9. The molecule has 0 heterocycles. The number of carboxylic acids is 1. The molecule has 1 N–H and O–H groups in total. The highest BCUT2D eigenvalue weighted by atomic mass is 32.2. The molecular formula is C11H9F3O6S. The van der Waals surface area contributed by atoms with Gasteiger partial charge >= 0.3 is 22.4 Å². The zero-order chi connectivity index (χ0) is 15.8. The smallest absolute Gasteiger partial charge is 0.478 e. The number of halogens is 3. The number of carboxylic acid groups (broad SMARTS) is 1. The van der Waals surface area contributed by atoms with Crippen LogP contribution in [0.3, 0.4) is 0 Å². The lowest BCUT2D eigenvalue weighted by molar-refractivity contribution is -0.274. The number of alkyl halides is 3. The van der Waals surface area contributed by atoms with Crippen LogP contribution in [0.4, 0.5) is 13.2 Å². The molecule has 0 atom stereocenters. The van der Waals surface area contributed by atoms with Crippen molar-refractivity contribution in [2.75, 3.05) is 0 Å². The maximum atomic E-state index is 12.2. The zero-order valence-corrected chi connectivity index (χ0v) is 11.1. The third kappa shape index (κ3) is 4.25. The van der Waals surface area contributed by atoms with Gasteiger partial charge < -0.3 is 14.0 Å². The number of hydrogen-bond acceptors (Lipinski definition) is 5. The Labute approximate surface area is 117 Å². The predicted molar refractivity (Wildman–Crippen MR) is 62.7 cm³/mol. The van der Waals surface area contributed by atoms with Crippen LogP contribution in [-0.4, -0.2) is 31.1 Å². The maximum absolute atomic E-state index is 12.2. The first kappa shape index (κ1) is 15.4. The van der Waals surface area contributed by atoms with E-state index in [2.05, 4.69) is 8.92 Å². The molecule has 6 nitrogen and oxygen atoms in total. The largest absolute Gasteiger partial charge is 0.573 e. The number of ether oxygens (including phenoxy) is 1. The minimum Gasteiger partial charge on any atom is -0.478 e. The standard InChI is InChI=1S/C11H9F3O6S/c12-11(13,14)19-7-3-6(10(15)16)4-8(5-7)20-21(17,18)9-1-2-9/h3-5,9H,1-2H2,(H,15,16). The van der Waals surface area contributed by atoms with E-state index >= 15 is 0 Å². The third-order valence-electron chi connectivity index (χ3n) is 2.51. The van der Waals surface area contributed by atoms with Crippen LogP contribution in [0.2, 0.25) is 0 Å². The Morgan fingerprint density at radius 1 is 1.19 bits per heavy atom. The Morgan fingerprint density at radius 2 is 1.76 bits per heavy atom. The highest BCUT2D eigenvalue weighted by Gasteiger charge is 2.38. The average molecular weight is 326 g/mol. The summed E-state index contributed by atoms with van der Waals surface area (Å²) in [7, 11) is -3.97. The van der Waals surface area contributed by atoms with Gasteiger partial charge in [0, 0.05) is 6.07 Å². The molecule has 1 saturated carbocycles. The van der Waals surface area contributed by atoms with Crippen molar-refractivity contribution >= 4 is 16.1 Å². The van der Waals surface area contributed by atoms with E-state index in [0.717, 1.165) is 6.07 Å². The SMILES string of the molecule is O=C(O)c1cc(OC(F)(F)F)cc(OS(=O)(=O)C2CC2)c1. The number of carbonyl (C=O) groups is 1. The van der Waals surface area contributed by atoms with Gasteiger partial charge in [-0.25, -0.2) is 4.79 Å². The van der Waals surface area contributed by atoms with Crippen molar-refractivity contribution in [2.24, 2.45) is 0 Å². The van der Waals surface area contributed by atoms with E-state index in [1.54, 1.807) is 0 Å². The molecule has 0 saturated heterocycles. The number of benzene rings is 1. The second-order valence-corrected chi connectivity index (χ2v) is 6.14. The van der Waals surface area contributed by atoms with Crippen LogP contribution in [0.1, 0.15) is 23.2 Å². The third-order valence-corrected chi connectivity index (χ3v) is 4.22. The van der Waals surface area contributed by atoms with E-state index in [9.17, 15) is 26.4 Å². The van der Waals surface area contributed by atoms with E-state index in [0.29, 0.717) is 25.0 Å². The molecule has 0 bridgehead atoms. The maximum Gasteiger partial charge on any atom is 0.573 e. The van der Waals surface area contributed by atoms with Gasteiger partial charge in [-0.3, -0.25) is 0 Å². The molecule has 0 unspecified atom stereocenters. The van der Waals surface area contributed by atoms with E-state index in [1.165, 1.54) is 0 Å². The molecule has 116 valence electrons. The van der Waals surface area contributed by atoms with E-state index < -0.39 is 44.8 Å². The summed E-state index contributed by atoms with van der Waals surface area (Å²) in [6.07, 6.45) is -4.25. The molecule has 1 aliphatic carbocycles. The Kier molecular flexibility index (Phi) is 3.74. The van der Waals surface area contributed by atoms with Gasteiger partial charge in [0.2, 0.25) is 0 Å². The molecule has 0 aliphatic heterocycles. The molecule has 2 rings (SSSR count). The van der Waals surface area contributed by atoms with Crippen molar-refractivity contribution in [2.45, 2.75) is 24.5 Å². The van der Waals surface area contributed by atoms with Crippen molar-refractivity contribution in [3.63, 3.8) is 0 Å². The molecule has 10 heteroatoms. The van der Waals surface area contributed by atoms with Gasteiger partial charge in [0.1, 0.15) is 11.5 Å². The van der Waals surface area contributed by atoms with Crippen molar-refractivity contribution in [1.29, 1.82) is 0 Å². The van der Waals surface area contributed by atoms with Crippen LogP contribution in [-0.2, 0) is 10.1 Å². The van der Waals surface area contributed by atoms with Gasteiger partial charge in [0.25, 0.3) is 0 Å². The fourth-order valence-electron chi connectivity index (χ4n) is 1.49. The normalized spacial score (nSPS) is 15.6. The predicted octanol–water partition coefficient (Wildman–Crippen LogP) is 2.15. The lowest BCUT2D eigenvalue weighted by Crippen LogP contribution is -2.18. The number of aromatic carboxylic acids is 1. The molecule has 0 amide bonds. The Balaban J connectivity index is 2.33. The fourth-order valence-corrected chi connectivity index (χ4v) is 2.71. The van der Waals surface area contributed by atoms with Crippen LogP contribution in [0.5, 0.6) is 11.5 Å². The van der Waals surface area contributed by atoms with E-state index in [1.807, 2.05) is 0 Å². The summed E-state index contributed by atoms with van der Waals surface area (Å²) in [5.74, 6) is -2.96. The van der Waals surface area contributed by atoms with Gasteiger partial charge in [-0.15, -0.1) is 13.2 Å². The second kappa shape index (κ2) is 5.10. The van der Waals surface area contributed by atoms with E-state index in [-0.39, 0.29) is 0 Å². The molecule has 1 fully saturated rings. The van der Waals surface area contributed by atoms with Crippen LogP contribution >= 0.6 is 0 Å². The second-order valence-electron chi connectivity index (χ2n) is 4.32. The van der Waals surface area contributed by atoms with Gasteiger partial charge in [0.05, 0.1) is 10.8 Å². The summed E-state index contributed by atoms with van der Waals surface area (Å²) >= 11 is 0. The van der Waals surface area contributed by atoms with Crippen molar-refractivity contribution in [1.82, 2.24) is 0 Å². The lowest BCUT2D eigenvalue weighted by Gasteiger charge is -2.12. The topological polar surface area (TPSA) is 89.9 Å². The quantitative estimate of drug-likeness (QED) is 0.834. The molecular weight excluding hydrogens is 317 g/mol. The molecule has 0 radical (unpaired) electrons. The number of hydrogen-bond donors (Lipinski definition) is 1. The summed E-state index contributed by atoms with van der Waals surface area (Å²) in [6, 6.07) is 2.10. The van der Waals surface area contributed by atoms with Crippen LogP contribution in [0.25, 0.3) is 0 Å². The lowest BCUT2D eigenvalue weighted by atomic mass is 10.2. The minimum absolute atomic E-state index is 0.396. The molecule has 0 spiro atoms. The van der Waals surface area contributed by atoms with Gasteiger partial charge in [-0.2, -0.15) is 8.42 Å². The van der Waals surface area contributed by atoms with Crippen LogP contribution in [0.15, 0.2) is 18.2 Å². The Morgan fingerprint density at radius 3 is 2.24 bits per heavy atom. The Hall–Kier alpha value is -1.97. The van der Waals surface area contributed by atoms with Crippen molar-refractivity contribution in [3.05, 3.63) is 23.8 Å². The number of rotatable bonds is 5. The van der Waals surface area contributed by atoms with Crippen LogP contribution < -0.4 is 8.92 Å². The summed E-state index contributed by atoms with van der Waals surface area (Å²) in [5.41, 5.74) is -0.585. The van der Waals surface area contributed by atoms with Crippen LogP contribution in [0, 0.1) is 0 Å². The first-order valence-corrected chi connectivity index (χ1v) is 7.11. The zero-order valence-electron chi connectivity index (χ0n) is 10.3. The minimum atomic E-state index is -5.04. The summed E-state index contributed by atoms with van der Waals surface area (Å²) in [5, 5.41) is 8.10. The highest BCUT2D eigenvalue weighted by molar-refractivity contribution is 7.88. The molecule has 1 aromatic rings. The molecule has 0 aromatic heterocycles. The average Bonchev–Trinajstić information content (AvgIpc) is 3.08. The highest BCUT2D eigenvalue weighted by Crippen LogP contribution is 2.33. The summed E-state index contributed by atoms with van der Waals surface area (Å²) in [4.78, 5) is 10.8. The summed E-state index contributed by atoms with van der Waals surface area (Å²) in [6.45, 7) is 0.